The summed E-state index contributed by atoms with van der Waals surface area (Å²) < 4.78 is 0. The van der Waals surface area contributed by atoms with Crippen LogP contribution in [0.2, 0.25) is 0 Å². The number of carbonyl (C=O) groups is 1. The van der Waals surface area contributed by atoms with Gasteiger partial charge in [0.1, 0.15) is 5.84 Å². The summed E-state index contributed by atoms with van der Waals surface area (Å²) in [6.45, 7) is 18.6. The number of rotatable bonds is 12. The molecule has 8 nitrogen and oxygen atoms in total. The molecule has 0 fully saturated rings. The smallest absolute Gasteiger partial charge is 0.216 e. The number of aliphatic hydroxyl groups is 2. The number of aryl methyl sites for hydroxylation is 2. The lowest BCUT2D eigenvalue weighted by molar-refractivity contribution is -0.118. The van der Waals surface area contributed by atoms with Crippen LogP contribution in [0.15, 0.2) is 88.5 Å². The van der Waals surface area contributed by atoms with E-state index in [9.17, 15) is 4.79 Å². The maximum atomic E-state index is 10.9. The number of nitrogens with two attached hydrogens (primary N) is 1. The largest absolute Gasteiger partial charge is 0.513 e. The van der Waals surface area contributed by atoms with Crippen LogP contribution in [0.4, 0.5) is 11.4 Å². The molecule has 2 aromatic carbocycles. The molecule has 2 aromatic rings. The lowest BCUT2D eigenvalue weighted by atomic mass is 10.1. The van der Waals surface area contributed by atoms with Crippen LogP contribution in [-0.4, -0.2) is 35.6 Å². The molecule has 1 amide bonds. The van der Waals surface area contributed by atoms with E-state index in [0.717, 1.165) is 67.7 Å². The maximum absolute atomic E-state index is 10.9. The number of allylic oxidation sites excluding steroid dienone is 3. The monoisotopic (exact) mass is 623 g/mol. The Labute approximate surface area is 273 Å². The highest BCUT2D eigenvalue weighted by molar-refractivity contribution is 5.93. The van der Waals surface area contributed by atoms with Gasteiger partial charge in [-0.25, -0.2) is 4.99 Å². The van der Waals surface area contributed by atoms with E-state index in [0.29, 0.717) is 18.0 Å². The van der Waals surface area contributed by atoms with Crippen LogP contribution in [0.3, 0.4) is 0 Å². The molecule has 0 heterocycles. The predicted octanol–water partition coefficient (Wildman–Crippen LogP) is 8.76. The molecule has 7 N–H and O–H groups in total. The van der Waals surface area contributed by atoms with Crippen molar-refractivity contribution >= 4 is 23.1 Å². The van der Waals surface area contributed by atoms with Crippen molar-refractivity contribution in [2.24, 2.45) is 10.7 Å². The fraction of sp³-hybridized carbons (Fsp3) is 0.459. The minimum atomic E-state index is 0.0108. The molecule has 0 aliphatic heterocycles. The lowest BCUT2D eigenvalue weighted by Gasteiger charge is -2.14. The number of hydrogen-bond donors (Lipinski definition) is 6. The van der Waals surface area contributed by atoms with E-state index >= 15 is 0 Å². The summed E-state index contributed by atoms with van der Waals surface area (Å²) >= 11 is 0. The number of nitrogens with one attached hydrogen (secondary N) is 3. The fourth-order valence-electron chi connectivity index (χ4n) is 3.64. The highest BCUT2D eigenvalue weighted by Gasteiger charge is 2.05. The quantitative estimate of drug-likeness (QED) is 0.0460. The van der Waals surface area contributed by atoms with Crippen LogP contribution in [0.5, 0.6) is 0 Å². The average Bonchev–Trinajstić information content (AvgIpc) is 3.00. The van der Waals surface area contributed by atoms with E-state index in [4.69, 9.17) is 15.9 Å². The van der Waals surface area contributed by atoms with Crippen LogP contribution in [0.25, 0.3) is 0 Å². The van der Waals surface area contributed by atoms with Gasteiger partial charge in [-0.3, -0.25) is 4.79 Å². The number of hydrogen-bond acceptors (Lipinski definition) is 6. The second kappa shape index (κ2) is 27.5. The Hall–Kier alpha value is -4.04. The van der Waals surface area contributed by atoms with Gasteiger partial charge in [-0.05, 0) is 89.3 Å². The van der Waals surface area contributed by atoms with Crippen LogP contribution >= 0.6 is 0 Å². The van der Waals surface area contributed by atoms with Gasteiger partial charge in [0.15, 0.2) is 0 Å². The lowest BCUT2D eigenvalue weighted by Crippen LogP contribution is -2.21. The number of nitrogens with zero attached hydrogens (tertiary/aromatic N) is 1. The topological polar surface area (TPSA) is 132 Å². The van der Waals surface area contributed by atoms with Crippen LogP contribution in [0.1, 0.15) is 98.6 Å². The summed E-state index contributed by atoms with van der Waals surface area (Å²) in [4.78, 5) is 15.4. The number of amides is 1. The van der Waals surface area contributed by atoms with E-state index < -0.39 is 0 Å². The Bertz CT molecular complexity index is 1180. The fourth-order valence-corrected chi connectivity index (χ4v) is 3.64. The zero-order valence-corrected chi connectivity index (χ0v) is 29.6. The molecule has 2 rings (SSSR count). The van der Waals surface area contributed by atoms with E-state index in [1.165, 1.54) is 24.5 Å². The highest BCUT2D eigenvalue weighted by atomic mass is 16.3. The third-order valence-electron chi connectivity index (χ3n) is 5.75. The zero-order chi connectivity index (χ0) is 34.6. The first kappa shape index (κ1) is 43.1. The molecule has 0 aliphatic rings. The Morgan fingerprint density at radius 1 is 0.889 bits per heavy atom. The van der Waals surface area contributed by atoms with E-state index in [-0.39, 0.29) is 5.91 Å². The second-order valence-corrected chi connectivity index (χ2v) is 10.6. The Morgan fingerprint density at radius 3 is 1.91 bits per heavy atom. The van der Waals surface area contributed by atoms with Crippen molar-refractivity contribution < 1.29 is 15.0 Å². The summed E-state index contributed by atoms with van der Waals surface area (Å²) in [6, 6.07) is 16.4. The summed E-state index contributed by atoms with van der Waals surface area (Å²) in [7, 11) is 1.00. The third kappa shape index (κ3) is 23.1. The van der Waals surface area contributed by atoms with E-state index in [1.54, 1.807) is 6.20 Å². The molecule has 0 unspecified atom stereocenters. The van der Waals surface area contributed by atoms with Crippen LogP contribution in [0, 0.1) is 6.92 Å². The third-order valence-corrected chi connectivity index (χ3v) is 5.75. The summed E-state index contributed by atoms with van der Waals surface area (Å²) in [6.07, 6.45) is 9.40. The molecule has 0 spiro atoms. The molecule has 0 atom stereocenters. The molecule has 0 aromatic heterocycles. The van der Waals surface area contributed by atoms with Gasteiger partial charge >= 0.3 is 0 Å². The van der Waals surface area contributed by atoms with Crippen molar-refractivity contribution in [1.82, 2.24) is 5.32 Å². The minimum Gasteiger partial charge on any atom is -0.513 e. The van der Waals surface area contributed by atoms with Crippen molar-refractivity contribution in [2.45, 2.75) is 101 Å². The van der Waals surface area contributed by atoms with E-state index in [2.05, 4.69) is 72.9 Å². The Balaban J connectivity index is 0. The van der Waals surface area contributed by atoms with Crippen molar-refractivity contribution in [3.63, 3.8) is 0 Å². The van der Waals surface area contributed by atoms with Gasteiger partial charge in [-0.1, -0.05) is 69.5 Å². The first-order valence-electron chi connectivity index (χ1n) is 15.9. The van der Waals surface area contributed by atoms with Gasteiger partial charge in [0, 0.05) is 38.4 Å². The molecule has 252 valence electrons. The van der Waals surface area contributed by atoms with E-state index in [1.807, 2.05) is 58.0 Å². The maximum Gasteiger partial charge on any atom is 0.216 e. The number of anilines is 2. The first-order chi connectivity index (χ1) is 21.5. The summed E-state index contributed by atoms with van der Waals surface area (Å²) in [5.74, 6) is 1.29. The zero-order valence-electron chi connectivity index (χ0n) is 29.6. The molecule has 0 saturated heterocycles. The molecular formula is C37H61N5O3. The van der Waals surface area contributed by atoms with Crippen molar-refractivity contribution in [1.29, 1.82) is 0 Å². The van der Waals surface area contributed by atoms with Gasteiger partial charge in [-0.15, -0.1) is 0 Å². The normalized spacial score (nSPS) is 11.0. The van der Waals surface area contributed by atoms with Crippen molar-refractivity contribution in [3.05, 3.63) is 94.7 Å². The van der Waals surface area contributed by atoms with Crippen molar-refractivity contribution in [2.75, 3.05) is 24.3 Å². The van der Waals surface area contributed by atoms with Gasteiger partial charge in [-0.2, -0.15) is 0 Å². The summed E-state index contributed by atoms with van der Waals surface area (Å²) in [5, 5.41) is 25.4. The highest BCUT2D eigenvalue weighted by Crippen LogP contribution is 2.17. The molecule has 0 radical (unpaired) electrons. The number of aliphatic imine (C=N–C) groups is 1. The Kier molecular flexibility index (Phi) is 26.3. The van der Waals surface area contributed by atoms with Gasteiger partial charge in [0.05, 0.1) is 23.4 Å². The molecule has 45 heavy (non-hydrogen) atoms. The first-order valence-corrected chi connectivity index (χ1v) is 15.9. The molecule has 0 aliphatic carbocycles. The number of amidine groups is 1. The standard InChI is InChI=1S/C26H35N5O.C7H14O.C3H8.CH4O/c1-18(2)26(31-24-12-8-19(3)9-13-24)25(27)17-29-20(4)30-23-14-10-22(11-15-23)7-6-16-28-21(5)32;1-3-5-7(8)6-4-2;1-3-2;1-2/h8-15,17,31H,6-7,16,27H2,1-5H3,(H,28,32)(H,29,30);5,8H,3-4,6H2,1-2H3;3H2,1-2H3;2H,1H3/b25-17+;7-5-;;. The van der Waals surface area contributed by atoms with Crippen LogP contribution in [-0.2, 0) is 11.2 Å². The second-order valence-electron chi connectivity index (χ2n) is 10.6. The molecule has 8 heteroatoms. The Morgan fingerprint density at radius 2 is 1.42 bits per heavy atom. The van der Waals surface area contributed by atoms with Crippen LogP contribution < -0.4 is 21.7 Å². The average molecular weight is 624 g/mol. The SMILES string of the molecule is CC(=O)NCCCc1ccc(NC(C)=N/C=C(/N)C(Nc2ccc(C)cc2)=C(C)C)cc1.CC/C=C(\O)CCC.CCC.CO. The van der Waals surface area contributed by atoms with Gasteiger partial charge in [0.25, 0.3) is 0 Å². The molecular weight excluding hydrogens is 562 g/mol. The number of aliphatic hydroxyl groups excluding tert-OH is 2. The van der Waals surface area contributed by atoms with Crippen molar-refractivity contribution in [3.8, 4) is 0 Å². The van der Waals surface area contributed by atoms with Gasteiger partial charge in [0.2, 0.25) is 5.91 Å². The summed E-state index contributed by atoms with van der Waals surface area (Å²) in [5.41, 5.74) is 13.2. The predicted molar refractivity (Wildman–Crippen MR) is 196 cm³/mol. The molecule has 0 saturated carbocycles. The minimum absolute atomic E-state index is 0.0108. The molecule has 0 bridgehead atoms. The van der Waals surface area contributed by atoms with Gasteiger partial charge < -0.3 is 31.9 Å². The number of carbonyl (C=O) groups excluding carboxylic acids is 1. The number of benzene rings is 2.